The van der Waals surface area contributed by atoms with Crippen LogP contribution in [0.2, 0.25) is 0 Å². The second-order valence-corrected chi connectivity index (χ2v) is 5.41. The topological polar surface area (TPSA) is 48.4 Å². The molecule has 0 aromatic carbocycles. The number of aliphatic hydroxyl groups excluding tert-OH is 1. The van der Waals surface area contributed by atoms with Gasteiger partial charge < -0.3 is 10.4 Å². The summed E-state index contributed by atoms with van der Waals surface area (Å²) in [7, 11) is 2.10. The van der Waals surface area contributed by atoms with Crippen LogP contribution in [0.3, 0.4) is 0 Å². The van der Waals surface area contributed by atoms with Crippen molar-refractivity contribution in [2.24, 2.45) is 0 Å². The maximum atomic E-state index is 10.1. The highest BCUT2D eigenvalue weighted by Crippen LogP contribution is 2.23. The van der Waals surface area contributed by atoms with Crippen LogP contribution >= 0.6 is 0 Å². The molecule has 1 saturated carbocycles. The van der Waals surface area contributed by atoms with Gasteiger partial charge in [-0.25, -0.2) is 4.98 Å². The zero-order chi connectivity index (χ0) is 13.7. The summed E-state index contributed by atoms with van der Waals surface area (Å²) in [5.74, 6) is 0.928. The van der Waals surface area contributed by atoms with Gasteiger partial charge in [-0.3, -0.25) is 4.90 Å². The van der Waals surface area contributed by atoms with Crippen molar-refractivity contribution in [3.8, 4) is 0 Å². The zero-order valence-electron chi connectivity index (χ0n) is 12.0. The Balaban J connectivity index is 1.97. The molecule has 1 fully saturated rings. The van der Waals surface area contributed by atoms with E-state index >= 15 is 0 Å². The number of anilines is 1. The lowest BCUT2D eigenvalue weighted by Gasteiger charge is -2.35. The molecule has 4 heteroatoms. The lowest BCUT2D eigenvalue weighted by atomic mass is 9.91. The molecule has 2 rings (SSSR count). The Morgan fingerprint density at radius 3 is 2.95 bits per heavy atom. The van der Waals surface area contributed by atoms with E-state index in [9.17, 15) is 5.11 Å². The van der Waals surface area contributed by atoms with Crippen molar-refractivity contribution in [1.29, 1.82) is 0 Å². The van der Waals surface area contributed by atoms with Gasteiger partial charge in [-0.15, -0.1) is 0 Å². The first-order valence-corrected chi connectivity index (χ1v) is 7.28. The molecule has 0 radical (unpaired) electrons. The van der Waals surface area contributed by atoms with Gasteiger partial charge in [0.2, 0.25) is 0 Å². The molecule has 106 valence electrons. The van der Waals surface area contributed by atoms with E-state index in [4.69, 9.17) is 0 Å². The third kappa shape index (κ3) is 3.91. The summed E-state index contributed by atoms with van der Waals surface area (Å²) in [6.07, 6.45) is 6.10. The summed E-state index contributed by atoms with van der Waals surface area (Å²) >= 11 is 0. The molecule has 1 aliphatic rings. The van der Waals surface area contributed by atoms with E-state index in [-0.39, 0.29) is 6.10 Å². The van der Waals surface area contributed by atoms with E-state index in [0.717, 1.165) is 38.2 Å². The van der Waals surface area contributed by atoms with Crippen molar-refractivity contribution < 1.29 is 5.11 Å². The molecule has 1 aromatic rings. The van der Waals surface area contributed by atoms with E-state index in [2.05, 4.69) is 35.2 Å². The minimum absolute atomic E-state index is 0.172. The van der Waals surface area contributed by atoms with Gasteiger partial charge in [-0.05, 0) is 44.5 Å². The molecule has 2 atom stereocenters. The maximum absolute atomic E-state index is 10.1. The molecule has 0 bridgehead atoms. The van der Waals surface area contributed by atoms with Crippen LogP contribution in [0.15, 0.2) is 18.3 Å². The Morgan fingerprint density at radius 2 is 2.21 bits per heavy atom. The summed E-state index contributed by atoms with van der Waals surface area (Å²) in [4.78, 5) is 6.56. The van der Waals surface area contributed by atoms with Crippen LogP contribution in [0.25, 0.3) is 0 Å². The molecule has 1 aromatic heterocycles. The van der Waals surface area contributed by atoms with Crippen molar-refractivity contribution in [3.63, 3.8) is 0 Å². The monoisotopic (exact) mass is 263 g/mol. The van der Waals surface area contributed by atoms with Crippen molar-refractivity contribution >= 4 is 5.82 Å². The molecule has 4 nitrogen and oxygen atoms in total. The first-order chi connectivity index (χ1) is 9.20. The third-order valence-electron chi connectivity index (χ3n) is 3.87. The SMILES string of the molecule is CCNc1cc(CN(C)C2CCCCC2O)ccn1. The van der Waals surface area contributed by atoms with Gasteiger partial charge in [0.1, 0.15) is 5.82 Å². The fraction of sp³-hybridized carbons (Fsp3) is 0.667. The van der Waals surface area contributed by atoms with Gasteiger partial charge in [-0.1, -0.05) is 12.8 Å². The number of hydrogen-bond donors (Lipinski definition) is 2. The van der Waals surface area contributed by atoms with Crippen LogP contribution < -0.4 is 5.32 Å². The number of likely N-dealkylation sites (N-methyl/N-ethyl adjacent to an activating group) is 1. The van der Waals surface area contributed by atoms with Crippen LogP contribution in [0.5, 0.6) is 0 Å². The first kappa shape index (κ1) is 14.3. The molecule has 2 unspecified atom stereocenters. The van der Waals surface area contributed by atoms with E-state index in [1.54, 1.807) is 0 Å². The number of pyridine rings is 1. The summed E-state index contributed by atoms with van der Waals surface area (Å²) in [5.41, 5.74) is 1.24. The lowest BCUT2D eigenvalue weighted by molar-refractivity contribution is 0.0288. The molecule has 1 aliphatic carbocycles. The highest BCUT2D eigenvalue weighted by Gasteiger charge is 2.26. The summed E-state index contributed by atoms with van der Waals surface area (Å²) in [6, 6.07) is 4.44. The number of aromatic nitrogens is 1. The smallest absolute Gasteiger partial charge is 0.126 e. The second-order valence-electron chi connectivity index (χ2n) is 5.41. The summed E-state index contributed by atoms with van der Waals surface area (Å²) < 4.78 is 0. The quantitative estimate of drug-likeness (QED) is 0.855. The standard InChI is InChI=1S/C15H25N3O/c1-3-16-15-10-12(8-9-17-15)11-18(2)13-6-4-5-7-14(13)19/h8-10,13-14,19H,3-7,11H2,1-2H3,(H,16,17). The zero-order valence-corrected chi connectivity index (χ0v) is 12.0. The van der Waals surface area contributed by atoms with Crippen molar-refractivity contribution in [1.82, 2.24) is 9.88 Å². The summed E-state index contributed by atoms with van der Waals surface area (Å²) in [5, 5.41) is 13.3. The average Bonchev–Trinajstić information content (AvgIpc) is 2.40. The van der Waals surface area contributed by atoms with Gasteiger partial charge in [0, 0.05) is 25.3 Å². The number of nitrogens with zero attached hydrogens (tertiary/aromatic N) is 2. The molecule has 2 N–H and O–H groups in total. The first-order valence-electron chi connectivity index (χ1n) is 7.28. The third-order valence-corrected chi connectivity index (χ3v) is 3.87. The Kier molecular flexibility index (Phi) is 5.16. The normalized spacial score (nSPS) is 23.6. The van der Waals surface area contributed by atoms with E-state index < -0.39 is 0 Å². The fourth-order valence-corrected chi connectivity index (χ4v) is 2.86. The Labute approximate surface area is 115 Å². The average molecular weight is 263 g/mol. The van der Waals surface area contributed by atoms with Crippen LogP contribution in [0, 0.1) is 0 Å². The molecule has 0 aliphatic heterocycles. The predicted molar refractivity (Wildman–Crippen MR) is 78.1 cm³/mol. The molecular formula is C15H25N3O. The maximum Gasteiger partial charge on any atom is 0.126 e. The van der Waals surface area contributed by atoms with Crippen LogP contribution in [0.1, 0.15) is 38.2 Å². The number of aliphatic hydroxyl groups is 1. The van der Waals surface area contributed by atoms with Gasteiger partial charge >= 0.3 is 0 Å². The fourth-order valence-electron chi connectivity index (χ4n) is 2.86. The minimum Gasteiger partial charge on any atom is -0.391 e. The van der Waals surface area contributed by atoms with Crippen molar-refractivity contribution in [3.05, 3.63) is 23.9 Å². The van der Waals surface area contributed by atoms with Crippen LogP contribution in [-0.2, 0) is 6.54 Å². The molecule has 1 heterocycles. The van der Waals surface area contributed by atoms with Gasteiger partial charge in [0.25, 0.3) is 0 Å². The number of rotatable bonds is 5. The van der Waals surface area contributed by atoms with Crippen LogP contribution in [0.4, 0.5) is 5.82 Å². The number of nitrogens with one attached hydrogen (secondary N) is 1. The second kappa shape index (κ2) is 6.87. The van der Waals surface area contributed by atoms with E-state index in [1.807, 2.05) is 12.3 Å². The molecule has 0 amide bonds. The Bertz CT molecular complexity index is 397. The highest BCUT2D eigenvalue weighted by molar-refractivity contribution is 5.37. The minimum atomic E-state index is -0.172. The van der Waals surface area contributed by atoms with E-state index in [0.29, 0.717) is 6.04 Å². The molecule has 0 saturated heterocycles. The van der Waals surface area contributed by atoms with Gasteiger partial charge in [-0.2, -0.15) is 0 Å². The number of hydrogen-bond acceptors (Lipinski definition) is 4. The van der Waals surface area contributed by atoms with Crippen molar-refractivity contribution in [2.45, 2.75) is 51.3 Å². The molecular weight excluding hydrogens is 238 g/mol. The summed E-state index contributed by atoms with van der Waals surface area (Å²) in [6.45, 7) is 3.81. The molecule has 19 heavy (non-hydrogen) atoms. The van der Waals surface area contributed by atoms with Gasteiger partial charge in [0.05, 0.1) is 6.10 Å². The predicted octanol–water partition coefficient (Wildman–Crippen LogP) is 2.25. The Hall–Kier alpha value is -1.13. The van der Waals surface area contributed by atoms with Gasteiger partial charge in [0.15, 0.2) is 0 Å². The van der Waals surface area contributed by atoms with E-state index in [1.165, 1.54) is 12.0 Å². The van der Waals surface area contributed by atoms with Crippen LogP contribution in [-0.4, -0.2) is 40.7 Å². The lowest BCUT2D eigenvalue weighted by Crippen LogP contribution is -2.42. The molecule has 0 spiro atoms. The largest absolute Gasteiger partial charge is 0.391 e. The van der Waals surface area contributed by atoms with Crippen molar-refractivity contribution in [2.75, 3.05) is 18.9 Å². The highest BCUT2D eigenvalue weighted by atomic mass is 16.3. The Morgan fingerprint density at radius 1 is 1.42 bits per heavy atom.